The molecule has 0 aliphatic heterocycles. The van der Waals surface area contributed by atoms with Crippen molar-refractivity contribution < 1.29 is 4.79 Å². The number of hydrogen-bond acceptors (Lipinski definition) is 2. The van der Waals surface area contributed by atoms with Crippen LogP contribution in [-0.4, -0.2) is 5.91 Å². The predicted octanol–water partition coefficient (Wildman–Crippen LogP) is 4.59. The number of hydrogen-bond donors (Lipinski definition) is 1. The number of nitrogens with zero attached hydrogens (tertiary/aromatic N) is 1. The van der Waals surface area contributed by atoms with Crippen LogP contribution in [0.4, 0.5) is 5.69 Å². The van der Waals surface area contributed by atoms with E-state index in [0.29, 0.717) is 16.3 Å². The molecule has 22 heavy (non-hydrogen) atoms. The number of anilines is 1. The summed E-state index contributed by atoms with van der Waals surface area (Å²) in [4.78, 5) is 12.6. The Hall–Kier alpha value is -2.31. The summed E-state index contributed by atoms with van der Waals surface area (Å²) < 4.78 is 0. The van der Waals surface area contributed by atoms with E-state index < -0.39 is 0 Å². The molecule has 0 saturated carbocycles. The van der Waals surface area contributed by atoms with Crippen molar-refractivity contribution >= 4 is 23.2 Å². The first-order valence-corrected chi connectivity index (χ1v) is 7.45. The molecule has 0 aliphatic rings. The summed E-state index contributed by atoms with van der Waals surface area (Å²) >= 11 is 5.91. The third kappa shape index (κ3) is 3.87. The molecule has 3 nitrogen and oxygen atoms in total. The second kappa shape index (κ2) is 7.11. The van der Waals surface area contributed by atoms with Gasteiger partial charge in [-0.3, -0.25) is 4.79 Å². The van der Waals surface area contributed by atoms with Gasteiger partial charge in [0.25, 0.3) is 0 Å². The van der Waals surface area contributed by atoms with Crippen LogP contribution in [0.3, 0.4) is 0 Å². The molecule has 0 saturated heterocycles. The third-order valence-corrected chi connectivity index (χ3v) is 3.69. The van der Waals surface area contributed by atoms with Crippen LogP contribution in [0, 0.1) is 17.2 Å². The normalized spacial score (nSPS) is 11.8. The van der Waals surface area contributed by atoms with Gasteiger partial charge in [0, 0.05) is 10.7 Å². The SMILES string of the molecule is CC(C)C(C(=O)Nc1cccc(C#N)c1)c1ccc(Cl)cc1. The fraction of sp³-hybridized carbons (Fsp3) is 0.222. The van der Waals surface area contributed by atoms with Crippen LogP contribution in [0.1, 0.15) is 30.9 Å². The van der Waals surface area contributed by atoms with Crippen LogP contribution in [0.25, 0.3) is 0 Å². The Balaban J connectivity index is 2.23. The number of carbonyl (C=O) groups excluding carboxylic acids is 1. The summed E-state index contributed by atoms with van der Waals surface area (Å²) in [5.74, 6) is -0.226. The summed E-state index contributed by atoms with van der Waals surface area (Å²) in [6, 6.07) is 16.3. The van der Waals surface area contributed by atoms with Gasteiger partial charge in [0.1, 0.15) is 0 Å². The molecule has 1 N–H and O–H groups in total. The van der Waals surface area contributed by atoms with E-state index >= 15 is 0 Å². The van der Waals surface area contributed by atoms with Gasteiger partial charge in [-0.15, -0.1) is 0 Å². The molecule has 0 aliphatic carbocycles. The molecule has 0 aromatic heterocycles. The van der Waals surface area contributed by atoms with Crippen LogP contribution in [0.5, 0.6) is 0 Å². The van der Waals surface area contributed by atoms with Crippen molar-refractivity contribution in [1.29, 1.82) is 5.26 Å². The Bertz CT molecular complexity index is 702. The summed E-state index contributed by atoms with van der Waals surface area (Å²) in [6.45, 7) is 4.01. The summed E-state index contributed by atoms with van der Waals surface area (Å²) in [6.07, 6.45) is 0. The van der Waals surface area contributed by atoms with E-state index in [1.165, 1.54) is 0 Å². The lowest BCUT2D eigenvalue weighted by atomic mass is 9.87. The van der Waals surface area contributed by atoms with Gasteiger partial charge >= 0.3 is 0 Å². The largest absolute Gasteiger partial charge is 0.326 e. The van der Waals surface area contributed by atoms with Gasteiger partial charge in [-0.1, -0.05) is 43.6 Å². The molecule has 0 bridgehead atoms. The minimum atomic E-state index is -0.275. The predicted molar refractivity (Wildman–Crippen MR) is 88.8 cm³/mol. The van der Waals surface area contributed by atoms with Gasteiger partial charge in [0.05, 0.1) is 17.6 Å². The molecule has 0 heterocycles. The molecule has 2 aromatic carbocycles. The molecule has 2 aromatic rings. The molecule has 0 radical (unpaired) electrons. The van der Waals surface area contributed by atoms with Crippen LogP contribution in [0.2, 0.25) is 5.02 Å². The lowest BCUT2D eigenvalue weighted by molar-refractivity contribution is -0.118. The Morgan fingerprint density at radius 2 is 1.86 bits per heavy atom. The Morgan fingerprint density at radius 1 is 1.18 bits per heavy atom. The Kier molecular flexibility index (Phi) is 5.19. The molecule has 2 rings (SSSR count). The fourth-order valence-corrected chi connectivity index (χ4v) is 2.52. The standard InChI is InChI=1S/C18H17ClN2O/c1-12(2)17(14-6-8-15(19)9-7-14)18(22)21-16-5-3-4-13(10-16)11-20/h3-10,12,17H,1-2H3,(H,21,22). The van der Waals surface area contributed by atoms with E-state index in [-0.39, 0.29) is 17.7 Å². The van der Waals surface area contributed by atoms with Crippen LogP contribution < -0.4 is 5.32 Å². The molecule has 4 heteroatoms. The van der Waals surface area contributed by atoms with E-state index in [0.717, 1.165) is 5.56 Å². The number of amides is 1. The van der Waals surface area contributed by atoms with Crippen molar-refractivity contribution in [3.05, 3.63) is 64.7 Å². The van der Waals surface area contributed by atoms with Gasteiger partial charge in [-0.2, -0.15) is 5.26 Å². The van der Waals surface area contributed by atoms with E-state index in [2.05, 4.69) is 11.4 Å². The van der Waals surface area contributed by atoms with Crippen LogP contribution in [0.15, 0.2) is 48.5 Å². The smallest absolute Gasteiger partial charge is 0.232 e. The Labute approximate surface area is 135 Å². The quantitative estimate of drug-likeness (QED) is 0.897. The van der Waals surface area contributed by atoms with Gasteiger partial charge in [0.2, 0.25) is 5.91 Å². The maximum Gasteiger partial charge on any atom is 0.232 e. The minimum Gasteiger partial charge on any atom is -0.326 e. The zero-order valence-corrected chi connectivity index (χ0v) is 13.3. The van der Waals surface area contributed by atoms with Crippen molar-refractivity contribution in [2.45, 2.75) is 19.8 Å². The number of carbonyl (C=O) groups is 1. The fourth-order valence-electron chi connectivity index (χ4n) is 2.40. The number of nitriles is 1. The highest BCUT2D eigenvalue weighted by Crippen LogP contribution is 2.27. The molecular formula is C18H17ClN2O. The number of rotatable bonds is 4. The second-order valence-corrected chi connectivity index (χ2v) is 5.89. The van der Waals surface area contributed by atoms with Crippen LogP contribution >= 0.6 is 11.6 Å². The van der Waals surface area contributed by atoms with Gasteiger partial charge in [0.15, 0.2) is 0 Å². The first-order chi connectivity index (χ1) is 10.5. The summed E-state index contributed by atoms with van der Waals surface area (Å²) in [5, 5.41) is 12.5. The van der Waals surface area contributed by atoms with E-state index in [4.69, 9.17) is 16.9 Å². The average Bonchev–Trinajstić information content (AvgIpc) is 2.49. The second-order valence-electron chi connectivity index (χ2n) is 5.46. The van der Waals surface area contributed by atoms with E-state index in [1.807, 2.05) is 26.0 Å². The van der Waals surface area contributed by atoms with E-state index in [9.17, 15) is 4.79 Å². The number of halogens is 1. The molecular weight excluding hydrogens is 296 g/mol. The summed E-state index contributed by atoms with van der Waals surface area (Å²) in [7, 11) is 0. The number of benzene rings is 2. The first kappa shape index (κ1) is 16.1. The molecule has 1 atom stereocenters. The highest BCUT2D eigenvalue weighted by atomic mass is 35.5. The topological polar surface area (TPSA) is 52.9 Å². The minimum absolute atomic E-state index is 0.0904. The highest BCUT2D eigenvalue weighted by Gasteiger charge is 2.24. The van der Waals surface area contributed by atoms with Crippen molar-refractivity contribution in [2.75, 3.05) is 5.32 Å². The average molecular weight is 313 g/mol. The van der Waals surface area contributed by atoms with Gasteiger partial charge in [-0.05, 0) is 41.8 Å². The van der Waals surface area contributed by atoms with Gasteiger partial charge in [-0.25, -0.2) is 0 Å². The summed E-state index contributed by atoms with van der Waals surface area (Å²) in [5.41, 5.74) is 2.07. The molecule has 1 amide bonds. The molecule has 1 unspecified atom stereocenters. The van der Waals surface area contributed by atoms with Crippen molar-refractivity contribution in [3.8, 4) is 6.07 Å². The molecule has 112 valence electrons. The van der Waals surface area contributed by atoms with Crippen molar-refractivity contribution in [1.82, 2.24) is 0 Å². The monoisotopic (exact) mass is 312 g/mol. The maximum absolute atomic E-state index is 12.6. The van der Waals surface area contributed by atoms with E-state index in [1.54, 1.807) is 36.4 Å². The lowest BCUT2D eigenvalue weighted by Gasteiger charge is -2.21. The maximum atomic E-state index is 12.6. The molecule has 0 fully saturated rings. The third-order valence-electron chi connectivity index (χ3n) is 3.44. The van der Waals surface area contributed by atoms with Crippen molar-refractivity contribution in [3.63, 3.8) is 0 Å². The number of nitrogens with one attached hydrogen (secondary N) is 1. The van der Waals surface area contributed by atoms with Crippen molar-refractivity contribution in [2.24, 2.45) is 5.92 Å². The highest BCUT2D eigenvalue weighted by molar-refractivity contribution is 6.30. The van der Waals surface area contributed by atoms with Gasteiger partial charge < -0.3 is 5.32 Å². The Morgan fingerprint density at radius 3 is 2.45 bits per heavy atom. The molecule has 0 spiro atoms. The zero-order valence-electron chi connectivity index (χ0n) is 12.5. The first-order valence-electron chi connectivity index (χ1n) is 7.07. The lowest BCUT2D eigenvalue weighted by Crippen LogP contribution is -2.25. The zero-order chi connectivity index (χ0) is 16.1. The van der Waals surface area contributed by atoms with Crippen LogP contribution in [-0.2, 0) is 4.79 Å².